The minimum absolute atomic E-state index is 0.119. The van der Waals surface area contributed by atoms with Crippen molar-refractivity contribution in [2.45, 2.75) is 489 Å². The van der Waals surface area contributed by atoms with Gasteiger partial charge in [-0.3, -0.25) is 28.8 Å². The van der Waals surface area contributed by atoms with Crippen LogP contribution in [0.15, 0.2) is 60.8 Å². The summed E-state index contributed by atoms with van der Waals surface area (Å²) in [6.07, 6.45) is 96.7. The van der Waals surface area contributed by atoms with Crippen LogP contribution in [0.25, 0.3) is 0 Å². The molecule has 0 heterocycles. The zero-order chi connectivity index (χ0) is 78.3. The summed E-state index contributed by atoms with van der Waals surface area (Å²) in [6, 6.07) is 0. The Morgan fingerprint density at radius 2 is 0.306 bits per heavy atom. The second-order valence-corrected chi connectivity index (χ2v) is 31.4. The van der Waals surface area contributed by atoms with Crippen LogP contribution in [0.4, 0.5) is 0 Å². The molecule has 0 saturated carbocycles. The third-order valence-corrected chi connectivity index (χ3v) is 20.6. The molecule has 12 heteroatoms. The normalized spacial score (nSPS) is 11.9. The number of rotatable bonds is 86. The van der Waals surface area contributed by atoms with Gasteiger partial charge in [0.15, 0.2) is 12.2 Å². The van der Waals surface area contributed by atoms with Crippen molar-refractivity contribution in [3.8, 4) is 0 Å². The Bertz CT molecular complexity index is 1870. The molecule has 0 saturated heterocycles. The van der Waals surface area contributed by atoms with E-state index in [1.807, 2.05) is 0 Å². The van der Waals surface area contributed by atoms with Crippen LogP contribution >= 0.6 is 0 Å². The first-order chi connectivity index (χ1) is 53.1. The van der Waals surface area contributed by atoms with Crippen molar-refractivity contribution in [3.63, 3.8) is 0 Å². The molecule has 0 aliphatic rings. The van der Waals surface area contributed by atoms with E-state index in [0.717, 1.165) is 193 Å². The molecule has 0 aliphatic carbocycles. The summed E-state index contributed by atoms with van der Waals surface area (Å²) in [6.45, 7) is 8.56. The molecule has 0 aromatic heterocycles. The van der Waals surface area contributed by atoms with Crippen molar-refractivity contribution in [2.75, 3.05) is 26.4 Å². The van der Waals surface area contributed by atoms with E-state index >= 15 is 0 Å². The first-order valence-electron chi connectivity index (χ1n) is 46.4. The van der Waals surface area contributed by atoms with Crippen LogP contribution < -0.4 is 0 Å². The summed E-state index contributed by atoms with van der Waals surface area (Å²) in [5.41, 5.74) is 0. The average Bonchev–Trinajstić information content (AvgIpc) is 0.954. The third kappa shape index (κ3) is 84.0. The van der Waals surface area contributed by atoms with Gasteiger partial charge in [0.25, 0.3) is 0 Å². The van der Waals surface area contributed by atoms with Crippen LogP contribution in [-0.4, -0.2) is 74.5 Å². The fourth-order valence-corrected chi connectivity index (χ4v) is 13.5. The summed E-state index contributed by atoms with van der Waals surface area (Å²) in [5.74, 6) is -1.97. The summed E-state index contributed by atoms with van der Waals surface area (Å²) in [7, 11) is 0. The number of carbonyl (C=O) groups excluding carboxylic acids is 6. The van der Waals surface area contributed by atoms with Crippen molar-refractivity contribution in [2.24, 2.45) is 0 Å². The zero-order valence-electron chi connectivity index (χ0n) is 71.2. The van der Waals surface area contributed by atoms with E-state index in [0.29, 0.717) is 38.5 Å². The van der Waals surface area contributed by atoms with Gasteiger partial charge in [0.1, 0.15) is 26.4 Å². The first kappa shape index (κ1) is 104. The SMILES string of the molecule is CCCCCCCC/C=C\CCCCCCCC(=O)OCC(COC(=O)CCCCCCC/C=C\CCCCCCCC)OC(=O)CCCCCCC/C=C/CCCCCCCC(=O)OC(COC(=O)CCCCCCC/C=C\CCCCCCCC)COC(=O)CCCCCCC/C=C\CCCCCCCC. The summed E-state index contributed by atoms with van der Waals surface area (Å²) >= 11 is 0. The van der Waals surface area contributed by atoms with E-state index in [1.54, 1.807) is 0 Å². The standard InChI is InChI=1S/C96H172O12/c1-5-9-13-17-21-25-29-33-37-43-49-55-61-67-73-79-91(97)103-85-89(86-104-92(98)80-74-68-62-56-50-44-38-34-30-26-22-18-14-10-6-2)107-95(101)83-77-71-65-59-53-47-41-42-48-54-60-66-72-78-84-96(102)108-90(87-105-93(99)81-75-69-63-57-51-45-39-35-31-27-23-19-15-11-7-3)88-106-94(100)82-76-70-64-58-52-46-40-36-32-28-24-20-16-12-8-4/h33-42,89-90H,5-32,43-88H2,1-4H3/b37-33-,38-34-,39-35-,40-36-,42-41+. The molecule has 0 bridgehead atoms. The van der Waals surface area contributed by atoms with Crippen LogP contribution in [0.3, 0.4) is 0 Å². The van der Waals surface area contributed by atoms with Gasteiger partial charge in [0.2, 0.25) is 0 Å². The van der Waals surface area contributed by atoms with Gasteiger partial charge in [-0.15, -0.1) is 0 Å². The molecule has 108 heavy (non-hydrogen) atoms. The summed E-state index contributed by atoms with van der Waals surface area (Å²) < 4.78 is 34.0. The molecule has 0 fully saturated rings. The van der Waals surface area contributed by atoms with Crippen LogP contribution in [0.2, 0.25) is 0 Å². The highest BCUT2D eigenvalue weighted by molar-refractivity contribution is 5.72. The molecule has 0 aliphatic heterocycles. The van der Waals surface area contributed by atoms with E-state index < -0.39 is 12.2 Å². The smallest absolute Gasteiger partial charge is 0.306 e. The topological polar surface area (TPSA) is 158 Å². The van der Waals surface area contributed by atoms with Crippen molar-refractivity contribution >= 4 is 35.8 Å². The fourth-order valence-electron chi connectivity index (χ4n) is 13.5. The maximum atomic E-state index is 13.1. The Morgan fingerprint density at radius 1 is 0.176 bits per heavy atom. The molecule has 12 nitrogen and oxygen atoms in total. The van der Waals surface area contributed by atoms with Crippen molar-refractivity contribution in [1.82, 2.24) is 0 Å². The highest BCUT2D eigenvalue weighted by atomic mass is 16.6. The van der Waals surface area contributed by atoms with Crippen LogP contribution in [0.1, 0.15) is 477 Å². The molecule has 0 rings (SSSR count). The second-order valence-electron chi connectivity index (χ2n) is 31.4. The maximum absolute atomic E-state index is 13.1. The molecular formula is C96H172O12. The van der Waals surface area contributed by atoms with Crippen molar-refractivity contribution in [3.05, 3.63) is 60.8 Å². The minimum Gasteiger partial charge on any atom is -0.462 e. The molecule has 0 spiro atoms. The highest BCUT2D eigenvalue weighted by Crippen LogP contribution is 2.19. The highest BCUT2D eigenvalue weighted by Gasteiger charge is 2.22. The number of hydrogen-bond acceptors (Lipinski definition) is 12. The number of unbranched alkanes of at least 4 members (excludes halogenated alkanes) is 54. The maximum Gasteiger partial charge on any atom is 0.306 e. The Hall–Kier alpha value is -4.48. The molecule has 0 radical (unpaired) electrons. The Labute approximate surface area is 666 Å². The van der Waals surface area contributed by atoms with E-state index in [-0.39, 0.29) is 75.1 Å². The van der Waals surface area contributed by atoms with E-state index in [2.05, 4.69) is 88.5 Å². The average molecular weight is 1520 g/mol. The summed E-state index contributed by atoms with van der Waals surface area (Å²) in [4.78, 5) is 77.3. The number of esters is 6. The Kier molecular flexibility index (Phi) is 84.4. The minimum atomic E-state index is -0.831. The van der Waals surface area contributed by atoms with Gasteiger partial charge in [-0.05, 0) is 167 Å². The molecule has 628 valence electrons. The molecule has 0 aromatic carbocycles. The molecule has 0 aromatic rings. The zero-order valence-corrected chi connectivity index (χ0v) is 71.2. The molecular weight excluding hydrogens is 1350 g/mol. The van der Waals surface area contributed by atoms with Crippen LogP contribution in [-0.2, 0) is 57.2 Å². The van der Waals surface area contributed by atoms with Gasteiger partial charge in [0, 0.05) is 38.5 Å². The van der Waals surface area contributed by atoms with E-state index in [4.69, 9.17) is 28.4 Å². The molecule has 0 atom stereocenters. The third-order valence-electron chi connectivity index (χ3n) is 20.6. The number of carbonyl (C=O) groups is 6. The predicted octanol–water partition coefficient (Wildman–Crippen LogP) is 29.2. The number of ether oxygens (including phenoxy) is 6. The lowest BCUT2D eigenvalue weighted by Crippen LogP contribution is -2.30. The van der Waals surface area contributed by atoms with Gasteiger partial charge in [-0.25, -0.2) is 0 Å². The number of hydrogen-bond donors (Lipinski definition) is 0. The molecule has 0 amide bonds. The van der Waals surface area contributed by atoms with E-state index in [1.165, 1.54) is 205 Å². The monoisotopic (exact) mass is 1520 g/mol. The lowest BCUT2D eigenvalue weighted by atomic mass is 10.1. The van der Waals surface area contributed by atoms with Crippen LogP contribution in [0, 0.1) is 0 Å². The van der Waals surface area contributed by atoms with Gasteiger partial charge in [0.05, 0.1) is 0 Å². The van der Waals surface area contributed by atoms with Crippen molar-refractivity contribution in [1.29, 1.82) is 0 Å². The van der Waals surface area contributed by atoms with Gasteiger partial charge in [-0.1, -0.05) is 332 Å². The predicted molar refractivity (Wildman–Crippen MR) is 455 cm³/mol. The quantitative estimate of drug-likeness (QED) is 0.0246. The Balaban J connectivity index is 4.76. The lowest BCUT2D eigenvalue weighted by molar-refractivity contribution is -0.167. The molecule has 0 unspecified atom stereocenters. The Morgan fingerprint density at radius 3 is 0.463 bits per heavy atom. The lowest BCUT2D eigenvalue weighted by Gasteiger charge is -2.18. The van der Waals surface area contributed by atoms with Gasteiger partial charge in [-0.2, -0.15) is 0 Å². The van der Waals surface area contributed by atoms with Crippen LogP contribution in [0.5, 0.6) is 0 Å². The first-order valence-corrected chi connectivity index (χ1v) is 46.4. The van der Waals surface area contributed by atoms with Crippen molar-refractivity contribution < 1.29 is 57.2 Å². The number of allylic oxidation sites excluding steroid dienone is 10. The largest absolute Gasteiger partial charge is 0.462 e. The molecule has 0 N–H and O–H groups in total. The van der Waals surface area contributed by atoms with Gasteiger partial charge >= 0.3 is 35.8 Å². The second kappa shape index (κ2) is 88.1. The fraction of sp³-hybridized carbons (Fsp3) is 0.833. The van der Waals surface area contributed by atoms with Gasteiger partial charge < -0.3 is 28.4 Å². The van der Waals surface area contributed by atoms with E-state index in [9.17, 15) is 28.8 Å². The summed E-state index contributed by atoms with van der Waals surface area (Å²) in [5, 5.41) is 0.